The van der Waals surface area contributed by atoms with Gasteiger partial charge in [0.2, 0.25) is 11.8 Å². The SMILES string of the molecule is COc1cc(CNC(=O)CBr)ccn1. The quantitative estimate of drug-likeness (QED) is 0.824. The highest BCUT2D eigenvalue weighted by Gasteiger charge is 1.99. The molecule has 0 fully saturated rings. The van der Waals surface area contributed by atoms with E-state index in [4.69, 9.17) is 4.74 Å². The first kappa shape index (κ1) is 11.0. The molecule has 0 bridgehead atoms. The van der Waals surface area contributed by atoms with Crippen LogP contribution < -0.4 is 10.1 Å². The van der Waals surface area contributed by atoms with Gasteiger partial charge in [-0.2, -0.15) is 0 Å². The number of nitrogens with zero attached hydrogens (tertiary/aromatic N) is 1. The van der Waals surface area contributed by atoms with Crippen LogP contribution in [0.3, 0.4) is 0 Å². The third-order valence-electron chi connectivity index (χ3n) is 1.62. The predicted molar refractivity (Wildman–Crippen MR) is 56.4 cm³/mol. The van der Waals surface area contributed by atoms with Gasteiger partial charge in [0.25, 0.3) is 0 Å². The van der Waals surface area contributed by atoms with Crippen molar-refractivity contribution < 1.29 is 9.53 Å². The summed E-state index contributed by atoms with van der Waals surface area (Å²) in [4.78, 5) is 14.9. The van der Waals surface area contributed by atoms with Crippen LogP contribution in [0, 0.1) is 0 Å². The Balaban J connectivity index is 2.54. The molecule has 0 saturated heterocycles. The van der Waals surface area contributed by atoms with Crippen LogP contribution in [-0.2, 0) is 11.3 Å². The maximum atomic E-state index is 10.9. The Bertz CT molecular complexity index is 317. The van der Waals surface area contributed by atoms with Gasteiger partial charge in [0.05, 0.1) is 12.4 Å². The molecule has 1 aromatic rings. The van der Waals surface area contributed by atoms with Gasteiger partial charge >= 0.3 is 0 Å². The molecule has 5 heteroatoms. The number of aromatic nitrogens is 1. The first-order valence-electron chi connectivity index (χ1n) is 4.08. The molecule has 0 unspecified atom stereocenters. The zero-order chi connectivity index (χ0) is 10.4. The Hall–Kier alpha value is -1.10. The van der Waals surface area contributed by atoms with Crippen LogP contribution in [-0.4, -0.2) is 23.3 Å². The van der Waals surface area contributed by atoms with Gasteiger partial charge in [0.1, 0.15) is 0 Å². The molecule has 0 aliphatic carbocycles. The van der Waals surface area contributed by atoms with Gasteiger partial charge in [-0.1, -0.05) is 15.9 Å². The van der Waals surface area contributed by atoms with E-state index in [-0.39, 0.29) is 5.91 Å². The molecule has 4 nitrogen and oxygen atoms in total. The standard InChI is InChI=1S/C9H11BrN2O2/c1-14-9-4-7(2-3-11-9)6-12-8(13)5-10/h2-4H,5-6H2,1H3,(H,12,13). The van der Waals surface area contributed by atoms with Crippen molar-refractivity contribution in [2.45, 2.75) is 6.54 Å². The van der Waals surface area contributed by atoms with E-state index in [2.05, 4.69) is 26.2 Å². The van der Waals surface area contributed by atoms with Crippen LogP contribution >= 0.6 is 15.9 Å². The Morgan fingerprint density at radius 3 is 3.14 bits per heavy atom. The molecule has 1 N–H and O–H groups in total. The number of hydrogen-bond acceptors (Lipinski definition) is 3. The summed E-state index contributed by atoms with van der Waals surface area (Å²) < 4.78 is 4.95. The lowest BCUT2D eigenvalue weighted by molar-refractivity contribution is -0.118. The third kappa shape index (κ3) is 3.33. The summed E-state index contributed by atoms with van der Waals surface area (Å²) in [7, 11) is 1.56. The minimum atomic E-state index is -0.0409. The lowest BCUT2D eigenvalue weighted by Gasteiger charge is -2.04. The van der Waals surface area contributed by atoms with E-state index in [0.29, 0.717) is 17.8 Å². The van der Waals surface area contributed by atoms with E-state index in [0.717, 1.165) is 5.56 Å². The molecule has 0 aliphatic heterocycles. The number of methoxy groups -OCH3 is 1. The summed E-state index contributed by atoms with van der Waals surface area (Å²) in [5.74, 6) is 0.511. The van der Waals surface area contributed by atoms with E-state index >= 15 is 0 Å². The highest BCUT2D eigenvalue weighted by Crippen LogP contribution is 2.07. The molecule has 0 aliphatic rings. The topological polar surface area (TPSA) is 51.2 Å². The number of amides is 1. The second-order valence-corrected chi connectivity index (χ2v) is 3.18. The minimum Gasteiger partial charge on any atom is -0.481 e. The second kappa shape index (κ2) is 5.59. The third-order valence-corrected chi connectivity index (χ3v) is 2.13. The summed E-state index contributed by atoms with van der Waals surface area (Å²) in [5.41, 5.74) is 0.964. The van der Waals surface area contributed by atoms with Gasteiger partial charge in [-0.25, -0.2) is 4.98 Å². The molecule has 0 aromatic carbocycles. The van der Waals surface area contributed by atoms with Crippen molar-refractivity contribution in [3.05, 3.63) is 23.9 Å². The van der Waals surface area contributed by atoms with Crippen molar-refractivity contribution in [3.8, 4) is 5.88 Å². The van der Waals surface area contributed by atoms with Crippen LogP contribution in [0.1, 0.15) is 5.56 Å². The number of ether oxygens (including phenoxy) is 1. The van der Waals surface area contributed by atoms with E-state index in [1.165, 1.54) is 0 Å². The molecule has 76 valence electrons. The van der Waals surface area contributed by atoms with E-state index in [1.54, 1.807) is 19.4 Å². The molecule has 0 atom stereocenters. The fourth-order valence-corrected chi connectivity index (χ4v) is 1.12. The first-order valence-corrected chi connectivity index (χ1v) is 5.20. The van der Waals surface area contributed by atoms with Crippen molar-refractivity contribution in [1.29, 1.82) is 0 Å². The van der Waals surface area contributed by atoms with Gasteiger partial charge in [-0.3, -0.25) is 4.79 Å². The van der Waals surface area contributed by atoms with Crippen molar-refractivity contribution in [3.63, 3.8) is 0 Å². The number of alkyl halides is 1. The number of hydrogen-bond donors (Lipinski definition) is 1. The maximum Gasteiger partial charge on any atom is 0.230 e. The average Bonchev–Trinajstić information content (AvgIpc) is 2.26. The van der Waals surface area contributed by atoms with Crippen molar-refractivity contribution in [1.82, 2.24) is 10.3 Å². The van der Waals surface area contributed by atoms with Crippen LogP contribution in [0.2, 0.25) is 0 Å². The summed E-state index contributed by atoms with van der Waals surface area (Å²) >= 11 is 3.07. The molecule has 0 spiro atoms. The average molecular weight is 259 g/mol. The molecule has 14 heavy (non-hydrogen) atoms. The van der Waals surface area contributed by atoms with Crippen molar-refractivity contribution >= 4 is 21.8 Å². The van der Waals surface area contributed by atoms with Crippen LogP contribution in [0.15, 0.2) is 18.3 Å². The molecular weight excluding hydrogens is 248 g/mol. The van der Waals surface area contributed by atoms with Crippen molar-refractivity contribution in [2.75, 3.05) is 12.4 Å². The van der Waals surface area contributed by atoms with E-state index < -0.39 is 0 Å². The second-order valence-electron chi connectivity index (χ2n) is 2.62. The molecule has 0 saturated carbocycles. The zero-order valence-corrected chi connectivity index (χ0v) is 9.37. The van der Waals surface area contributed by atoms with Crippen LogP contribution in [0.4, 0.5) is 0 Å². The first-order chi connectivity index (χ1) is 6.76. The van der Waals surface area contributed by atoms with Crippen molar-refractivity contribution in [2.24, 2.45) is 0 Å². The summed E-state index contributed by atoms with van der Waals surface area (Å²) in [6, 6.07) is 3.62. The summed E-state index contributed by atoms with van der Waals surface area (Å²) in [6.07, 6.45) is 1.65. The molecule has 0 radical (unpaired) electrons. The Labute approximate surface area is 90.8 Å². The number of halogens is 1. The molecule has 1 aromatic heterocycles. The number of rotatable bonds is 4. The Kier molecular flexibility index (Phi) is 4.39. The zero-order valence-electron chi connectivity index (χ0n) is 7.79. The van der Waals surface area contributed by atoms with Gasteiger partial charge in [0, 0.05) is 18.8 Å². The number of carbonyl (C=O) groups is 1. The molecule has 1 heterocycles. The fraction of sp³-hybridized carbons (Fsp3) is 0.333. The number of pyridine rings is 1. The number of carbonyl (C=O) groups excluding carboxylic acids is 1. The van der Waals surface area contributed by atoms with Gasteiger partial charge in [0.15, 0.2) is 0 Å². The molecule has 1 rings (SSSR count). The Morgan fingerprint density at radius 2 is 2.50 bits per heavy atom. The molecular formula is C9H11BrN2O2. The normalized spacial score (nSPS) is 9.57. The van der Waals surface area contributed by atoms with E-state index in [9.17, 15) is 4.79 Å². The van der Waals surface area contributed by atoms with Gasteiger partial charge in [-0.05, 0) is 11.6 Å². The van der Waals surface area contributed by atoms with Gasteiger partial charge < -0.3 is 10.1 Å². The minimum absolute atomic E-state index is 0.0409. The lowest BCUT2D eigenvalue weighted by Crippen LogP contribution is -2.23. The Morgan fingerprint density at radius 1 is 1.71 bits per heavy atom. The largest absolute Gasteiger partial charge is 0.481 e. The smallest absolute Gasteiger partial charge is 0.230 e. The van der Waals surface area contributed by atoms with Crippen LogP contribution in [0.5, 0.6) is 5.88 Å². The highest BCUT2D eigenvalue weighted by molar-refractivity contribution is 9.09. The molecule has 1 amide bonds. The fourth-order valence-electron chi connectivity index (χ4n) is 0.920. The van der Waals surface area contributed by atoms with Crippen LogP contribution in [0.25, 0.3) is 0 Å². The predicted octanol–water partition coefficient (Wildman–Crippen LogP) is 1.10. The van der Waals surface area contributed by atoms with E-state index in [1.807, 2.05) is 6.07 Å². The number of nitrogens with one attached hydrogen (secondary N) is 1. The monoisotopic (exact) mass is 258 g/mol. The summed E-state index contributed by atoms with van der Waals surface area (Å²) in [5, 5.41) is 3.05. The van der Waals surface area contributed by atoms with Gasteiger partial charge in [-0.15, -0.1) is 0 Å². The maximum absolute atomic E-state index is 10.9. The summed E-state index contributed by atoms with van der Waals surface area (Å²) in [6.45, 7) is 0.489. The lowest BCUT2D eigenvalue weighted by atomic mass is 10.2. The highest BCUT2D eigenvalue weighted by atomic mass is 79.9.